The van der Waals surface area contributed by atoms with E-state index in [0.29, 0.717) is 24.5 Å². The zero-order valence-electron chi connectivity index (χ0n) is 10.9. The average molecular weight is 267 g/mol. The molecule has 1 atom stereocenters. The topological polar surface area (TPSA) is 84.9 Å². The lowest BCUT2D eigenvalue weighted by atomic mass is 10.1. The van der Waals surface area contributed by atoms with Gasteiger partial charge in [-0.3, -0.25) is 9.59 Å². The number of carbonyl (C=O) groups is 2. The van der Waals surface area contributed by atoms with Crippen molar-refractivity contribution >= 4 is 11.9 Å². The van der Waals surface area contributed by atoms with Crippen LogP contribution in [0.15, 0.2) is 24.3 Å². The summed E-state index contributed by atoms with van der Waals surface area (Å²) >= 11 is 0. The Morgan fingerprint density at radius 3 is 2.63 bits per heavy atom. The summed E-state index contributed by atoms with van der Waals surface area (Å²) in [6.07, 6.45) is 0. The van der Waals surface area contributed by atoms with Gasteiger partial charge in [0, 0.05) is 7.11 Å². The molecule has 1 amide bonds. The van der Waals surface area contributed by atoms with Crippen molar-refractivity contribution in [2.75, 3.05) is 20.3 Å². The van der Waals surface area contributed by atoms with Crippen molar-refractivity contribution in [2.24, 2.45) is 0 Å². The fourth-order valence-corrected chi connectivity index (χ4v) is 1.35. The highest BCUT2D eigenvalue weighted by Crippen LogP contribution is 2.17. The van der Waals surface area contributed by atoms with Crippen LogP contribution in [0.3, 0.4) is 0 Å². The van der Waals surface area contributed by atoms with Crippen molar-refractivity contribution in [1.29, 1.82) is 0 Å². The quantitative estimate of drug-likeness (QED) is 0.717. The maximum absolute atomic E-state index is 11.9. The SMILES string of the molecule is COCCOc1ccccc1C(=O)N[C@@H](C)C(=O)O. The van der Waals surface area contributed by atoms with Gasteiger partial charge in [-0.2, -0.15) is 0 Å². The van der Waals surface area contributed by atoms with Gasteiger partial charge in [0.15, 0.2) is 0 Å². The van der Waals surface area contributed by atoms with Gasteiger partial charge in [0.1, 0.15) is 18.4 Å². The molecule has 0 saturated heterocycles. The molecule has 0 aromatic heterocycles. The van der Waals surface area contributed by atoms with E-state index in [1.807, 2.05) is 0 Å². The van der Waals surface area contributed by atoms with Crippen LogP contribution in [0.4, 0.5) is 0 Å². The molecule has 0 unspecified atom stereocenters. The summed E-state index contributed by atoms with van der Waals surface area (Å²) in [5.41, 5.74) is 0.298. The van der Waals surface area contributed by atoms with Crippen LogP contribution in [0.1, 0.15) is 17.3 Å². The van der Waals surface area contributed by atoms with Gasteiger partial charge in [-0.25, -0.2) is 0 Å². The van der Waals surface area contributed by atoms with E-state index in [9.17, 15) is 9.59 Å². The summed E-state index contributed by atoms with van der Waals surface area (Å²) in [4.78, 5) is 22.6. The third-order valence-corrected chi connectivity index (χ3v) is 2.39. The van der Waals surface area contributed by atoms with Crippen LogP contribution in [0.25, 0.3) is 0 Å². The first kappa shape index (κ1) is 15.0. The summed E-state index contributed by atoms with van der Waals surface area (Å²) in [5, 5.41) is 11.1. The maximum atomic E-state index is 11.9. The second-order valence-corrected chi connectivity index (χ2v) is 3.87. The van der Waals surface area contributed by atoms with E-state index in [-0.39, 0.29) is 0 Å². The number of methoxy groups -OCH3 is 1. The van der Waals surface area contributed by atoms with Crippen molar-refractivity contribution in [2.45, 2.75) is 13.0 Å². The Morgan fingerprint density at radius 2 is 2.00 bits per heavy atom. The van der Waals surface area contributed by atoms with Crippen LogP contribution in [0.2, 0.25) is 0 Å². The maximum Gasteiger partial charge on any atom is 0.325 e. The van der Waals surface area contributed by atoms with Crippen LogP contribution in [0.5, 0.6) is 5.75 Å². The van der Waals surface area contributed by atoms with Crippen LogP contribution >= 0.6 is 0 Å². The van der Waals surface area contributed by atoms with E-state index in [1.54, 1.807) is 31.4 Å². The number of hydrogen-bond acceptors (Lipinski definition) is 4. The molecular weight excluding hydrogens is 250 g/mol. The Morgan fingerprint density at radius 1 is 1.32 bits per heavy atom. The molecule has 0 aliphatic carbocycles. The van der Waals surface area contributed by atoms with Gasteiger partial charge in [-0.1, -0.05) is 12.1 Å². The molecule has 6 heteroatoms. The number of carboxylic acid groups (broad SMARTS) is 1. The molecule has 104 valence electrons. The molecule has 19 heavy (non-hydrogen) atoms. The summed E-state index contributed by atoms with van der Waals surface area (Å²) < 4.78 is 10.3. The second-order valence-electron chi connectivity index (χ2n) is 3.87. The van der Waals surface area contributed by atoms with Crippen LogP contribution in [-0.4, -0.2) is 43.3 Å². The van der Waals surface area contributed by atoms with E-state index in [1.165, 1.54) is 6.92 Å². The molecule has 0 saturated carbocycles. The third-order valence-electron chi connectivity index (χ3n) is 2.39. The predicted octanol–water partition coefficient (Wildman–Crippen LogP) is 0.915. The van der Waals surface area contributed by atoms with Gasteiger partial charge in [0.2, 0.25) is 0 Å². The summed E-state index contributed by atoms with van der Waals surface area (Å²) in [6, 6.07) is 5.69. The number of amides is 1. The molecule has 1 aromatic carbocycles. The minimum atomic E-state index is -1.09. The number of carbonyl (C=O) groups excluding carboxylic acids is 1. The summed E-state index contributed by atoms with van der Waals surface area (Å²) in [5.74, 6) is -1.18. The Bertz CT molecular complexity index is 446. The molecule has 0 heterocycles. The minimum absolute atomic E-state index is 0.298. The van der Waals surface area contributed by atoms with Gasteiger partial charge in [0.25, 0.3) is 5.91 Å². The molecule has 0 aliphatic rings. The number of rotatable bonds is 7. The molecule has 6 nitrogen and oxygen atoms in total. The van der Waals surface area contributed by atoms with Crippen molar-refractivity contribution in [3.05, 3.63) is 29.8 Å². The van der Waals surface area contributed by atoms with Gasteiger partial charge >= 0.3 is 5.97 Å². The smallest absolute Gasteiger partial charge is 0.325 e. The number of para-hydroxylation sites is 1. The van der Waals surface area contributed by atoms with E-state index in [0.717, 1.165) is 0 Å². The first-order valence-electron chi connectivity index (χ1n) is 5.80. The van der Waals surface area contributed by atoms with Crippen molar-refractivity contribution in [3.8, 4) is 5.75 Å². The Hall–Kier alpha value is -2.08. The van der Waals surface area contributed by atoms with Crippen LogP contribution < -0.4 is 10.1 Å². The summed E-state index contributed by atoms with van der Waals surface area (Å²) in [7, 11) is 1.55. The number of benzene rings is 1. The first-order chi connectivity index (χ1) is 9.06. The minimum Gasteiger partial charge on any atom is -0.490 e. The molecular formula is C13H17NO5. The van der Waals surface area contributed by atoms with E-state index in [4.69, 9.17) is 14.6 Å². The number of hydrogen-bond donors (Lipinski definition) is 2. The molecule has 1 rings (SSSR count). The Balaban J connectivity index is 2.75. The molecule has 0 fully saturated rings. The normalized spacial score (nSPS) is 11.7. The molecule has 1 aromatic rings. The fourth-order valence-electron chi connectivity index (χ4n) is 1.35. The Kier molecular flexibility index (Phi) is 5.81. The predicted molar refractivity (Wildman–Crippen MR) is 68.4 cm³/mol. The highest BCUT2D eigenvalue weighted by Gasteiger charge is 2.18. The molecule has 0 spiro atoms. The van der Waals surface area contributed by atoms with Gasteiger partial charge in [-0.15, -0.1) is 0 Å². The summed E-state index contributed by atoms with van der Waals surface area (Å²) in [6.45, 7) is 2.12. The van der Waals surface area contributed by atoms with Crippen molar-refractivity contribution in [3.63, 3.8) is 0 Å². The number of nitrogens with one attached hydrogen (secondary N) is 1. The number of carboxylic acids is 1. The highest BCUT2D eigenvalue weighted by molar-refractivity contribution is 5.98. The lowest BCUT2D eigenvalue weighted by Crippen LogP contribution is -2.38. The van der Waals surface area contributed by atoms with Gasteiger partial charge < -0.3 is 19.9 Å². The number of aliphatic carboxylic acids is 1. The zero-order chi connectivity index (χ0) is 14.3. The average Bonchev–Trinajstić information content (AvgIpc) is 2.39. The highest BCUT2D eigenvalue weighted by atomic mass is 16.5. The van der Waals surface area contributed by atoms with E-state index in [2.05, 4.69) is 5.32 Å². The second kappa shape index (κ2) is 7.38. The fraction of sp³-hybridized carbons (Fsp3) is 0.385. The largest absolute Gasteiger partial charge is 0.490 e. The van der Waals surface area contributed by atoms with Crippen LogP contribution in [-0.2, 0) is 9.53 Å². The molecule has 0 bridgehead atoms. The first-order valence-corrected chi connectivity index (χ1v) is 5.80. The van der Waals surface area contributed by atoms with Gasteiger partial charge in [0.05, 0.1) is 12.2 Å². The van der Waals surface area contributed by atoms with E-state index >= 15 is 0 Å². The monoisotopic (exact) mass is 267 g/mol. The molecule has 0 aliphatic heterocycles. The van der Waals surface area contributed by atoms with E-state index < -0.39 is 17.9 Å². The third kappa shape index (κ3) is 4.59. The lowest BCUT2D eigenvalue weighted by Gasteiger charge is -2.13. The van der Waals surface area contributed by atoms with Crippen LogP contribution in [0, 0.1) is 0 Å². The Labute approximate surface area is 111 Å². The molecule has 0 radical (unpaired) electrons. The van der Waals surface area contributed by atoms with Gasteiger partial charge in [-0.05, 0) is 19.1 Å². The van der Waals surface area contributed by atoms with Crippen molar-refractivity contribution in [1.82, 2.24) is 5.32 Å². The lowest BCUT2D eigenvalue weighted by molar-refractivity contribution is -0.138. The standard InChI is InChI=1S/C13H17NO5/c1-9(13(16)17)14-12(15)10-5-3-4-6-11(10)19-8-7-18-2/h3-6,9H,7-8H2,1-2H3,(H,14,15)(H,16,17)/t9-/m0/s1. The van der Waals surface area contributed by atoms with Crippen molar-refractivity contribution < 1.29 is 24.2 Å². The zero-order valence-corrected chi connectivity index (χ0v) is 10.9. The molecule has 2 N–H and O–H groups in total. The number of ether oxygens (including phenoxy) is 2.